The number of carbonyl (C=O) groups excluding carboxylic acids is 1. The van der Waals surface area contributed by atoms with Gasteiger partial charge in [0.25, 0.3) is 0 Å². The minimum Gasteiger partial charge on any atom is -0.465 e. The highest BCUT2D eigenvalue weighted by molar-refractivity contribution is 7.80. The van der Waals surface area contributed by atoms with E-state index in [4.69, 9.17) is 10.5 Å². The Morgan fingerprint density at radius 1 is 1.44 bits per heavy atom. The standard InChI is InChI=1S/C12H23N3O2S/c1-4-6-7-8-10(11(16)17-5-2)9(3)14-15-12(13)18/h10H,4-8H2,1-3H3,(H3,13,15,18)/b14-9+. The number of hydrazone groups is 1. The van der Waals surface area contributed by atoms with Gasteiger partial charge in [0, 0.05) is 5.71 Å². The first kappa shape index (κ1) is 16.8. The molecule has 18 heavy (non-hydrogen) atoms. The highest BCUT2D eigenvalue weighted by Crippen LogP contribution is 2.14. The Morgan fingerprint density at radius 3 is 2.61 bits per heavy atom. The maximum atomic E-state index is 11.8. The minimum atomic E-state index is -0.321. The van der Waals surface area contributed by atoms with Gasteiger partial charge in [-0.1, -0.05) is 26.2 Å². The van der Waals surface area contributed by atoms with Gasteiger partial charge in [-0.15, -0.1) is 0 Å². The fourth-order valence-corrected chi connectivity index (χ4v) is 1.61. The predicted molar refractivity (Wildman–Crippen MR) is 77.3 cm³/mol. The van der Waals surface area contributed by atoms with Crippen LogP contribution in [0.25, 0.3) is 0 Å². The molecule has 0 aromatic carbocycles. The molecule has 0 aliphatic rings. The number of nitrogens with one attached hydrogen (secondary N) is 1. The van der Waals surface area contributed by atoms with Crippen molar-refractivity contribution in [3.8, 4) is 0 Å². The number of nitrogens with zero attached hydrogens (tertiary/aromatic N) is 1. The minimum absolute atomic E-state index is 0.0884. The third kappa shape index (κ3) is 7.21. The van der Waals surface area contributed by atoms with Crippen LogP contribution in [-0.4, -0.2) is 23.4 Å². The average Bonchev–Trinajstić information content (AvgIpc) is 2.32. The molecule has 0 aromatic heterocycles. The van der Waals surface area contributed by atoms with E-state index in [1.165, 1.54) is 0 Å². The predicted octanol–water partition coefficient (Wildman–Crippen LogP) is 1.96. The first-order chi connectivity index (χ1) is 8.52. The molecule has 0 amide bonds. The zero-order chi connectivity index (χ0) is 14.0. The zero-order valence-electron chi connectivity index (χ0n) is 11.4. The van der Waals surface area contributed by atoms with Crippen LogP contribution in [0.3, 0.4) is 0 Å². The fraction of sp³-hybridized carbons (Fsp3) is 0.750. The van der Waals surface area contributed by atoms with Crippen molar-refractivity contribution >= 4 is 29.0 Å². The molecule has 0 radical (unpaired) electrons. The van der Waals surface area contributed by atoms with Crippen molar-refractivity contribution < 1.29 is 9.53 Å². The molecule has 5 nitrogen and oxygen atoms in total. The Morgan fingerprint density at radius 2 is 2.11 bits per heavy atom. The molecular formula is C12H23N3O2S. The highest BCUT2D eigenvalue weighted by atomic mass is 32.1. The summed E-state index contributed by atoms with van der Waals surface area (Å²) in [5.41, 5.74) is 8.45. The van der Waals surface area contributed by atoms with Crippen LogP contribution in [0, 0.1) is 5.92 Å². The molecule has 0 aromatic rings. The van der Waals surface area contributed by atoms with Crippen LogP contribution in [0.2, 0.25) is 0 Å². The number of ether oxygens (including phenoxy) is 1. The van der Waals surface area contributed by atoms with E-state index >= 15 is 0 Å². The normalized spacial score (nSPS) is 12.9. The largest absolute Gasteiger partial charge is 0.465 e. The van der Waals surface area contributed by atoms with E-state index < -0.39 is 0 Å². The maximum absolute atomic E-state index is 11.8. The molecule has 0 saturated carbocycles. The van der Waals surface area contributed by atoms with Gasteiger partial charge in [-0.3, -0.25) is 10.2 Å². The van der Waals surface area contributed by atoms with Crippen molar-refractivity contribution in [2.45, 2.75) is 46.5 Å². The number of nitrogens with two attached hydrogens (primary N) is 1. The Labute approximate surface area is 114 Å². The van der Waals surface area contributed by atoms with E-state index in [-0.39, 0.29) is 17.0 Å². The summed E-state index contributed by atoms with van der Waals surface area (Å²) in [6.07, 6.45) is 3.91. The number of rotatable bonds is 8. The molecule has 0 heterocycles. The lowest BCUT2D eigenvalue weighted by Crippen LogP contribution is -2.30. The average molecular weight is 273 g/mol. The number of unbranched alkanes of at least 4 members (excludes halogenated alkanes) is 2. The lowest BCUT2D eigenvalue weighted by Gasteiger charge is -2.15. The van der Waals surface area contributed by atoms with Gasteiger partial charge < -0.3 is 10.5 Å². The molecule has 0 bridgehead atoms. The molecule has 0 aliphatic carbocycles. The highest BCUT2D eigenvalue weighted by Gasteiger charge is 2.22. The van der Waals surface area contributed by atoms with Crippen LogP contribution < -0.4 is 11.2 Å². The molecule has 0 rings (SSSR count). The molecule has 0 spiro atoms. The van der Waals surface area contributed by atoms with Crippen molar-refractivity contribution in [3.63, 3.8) is 0 Å². The van der Waals surface area contributed by atoms with Crippen molar-refractivity contribution in [1.29, 1.82) is 0 Å². The van der Waals surface area contributed by atoms with Crippen LogP contribution in [0.15, 0.2) is 5.10 Å². The number of esters is 1. The van der Waals surface area contributed by atoms with Gasteiger partial charge >= 0.3 is 5.97 Å². The topological polar surface area (TPSA) is 76.7 Å². The van der Waals surface area contributed by atoms with E-state index in [0.29, 0.717) is 12.3 Å². The monoisotopic (exact) mass is 273 g/mol. The van der Waals surface area contributed by atoms with E-state index in [1.807, 2.05) is 0 Å². The molecule has 1 unspecified atom stereocenters. The molecule has 0 aliphatic heterocycles. The van der Waals surface area contributed by atoms with Crippen LogP contribution in [0.1, 0.15) is 46.5 Å². The third-order valence-electron chi connectivity index (χ3n) is 2.51. The zero-order valence-corrected chi connectivity index (χ0v) is 12.2. The second-order valence-corrected chi connectivity index (χ2v) is 4.47. The SMILES string of the molecule is CCCCCC(C(=O)OCC)/C(C)=N/NC(N)=S. The molecule has 1 atom stereocenters. The lowest BCUT2D eigenvalue weighted by atomic mass is 9.97. The first-order valence-corrected chi connectivity index (χ1v) is 6.69. The smallest absolute Gasteiger partial charge is 0.314 e. The number of thiocarbonyl (C=S) groups is 1. The van der Waals surface area contributed by atoms with Crippen molar-refractivity contribution in [2.24, 2.45) is 16.8 Å². The summed E-state index contributed by atoms with van der Waals surface area (Å²) in [6.45, 7) is 6.06. The summed E-state index contributed by atoms with van der Waals surface area (Å²) in [6, 6.07) is 0. The molecule has 104 valence electrons. The lowest BCUT2D eigenvalue weighted by molar-refractivity contribution is -0.145. The number of carbonyl (C=O) groups is 1. The Balaban J connectivity index is 4.57. The molecule has 0 fully saturated rings. The number of hydrogen-bond donors (Lipinski definition) is 2. The van der Waals surface area contributed by atoms with E-state index in [1.54, 1.807) is 13.8 Å². The second kappa shape index (κ2) is 9.82. The second-order valence-electron chi connectivity index (χ2n) is 4.03. The van der Waals surface area contributed by atoms with Crippen molar-refractivity contribution in [3.05, 3.63) is 0 Å². The van der Waals surface area contributed by atoms with E-state index in [9.17, 15) is 4.79 Å². The van der Waals surface area contributed by atoms with Gasteiger partial charge in [0.2, 0.25) is 0 Å². The summed E-state index contributed by atoms with van der Waals surface area (Å²) in [4.78, 5) is 11.8. The van der Waals surface area contributed by atoms with Crippen molar-refractivity contribution in [2.75, 3.05) is 6.61 Å². The summed E-state index contributed by atoms with van der Waals surface area (Å²) >= 11 is 4.67. The molecule has 6 heteroatoms. The first-order valence-electron chi connectivity index (χ1n) is 6.29. The summed E-state index contributed by atoms with van der Waals surface area (Å²) in [7, 11) is 0. The molecular weight excluding hydrogens is 250 g/mol. The van der Waals surface area contributed by atoms with E-state index in [2.05, 4.69) is 29.7 Å². The van der Waals surface area contributed by atoms with Gasteiger partial charge in [0.1, 0.15) is 0 Å². The maximum Gasteiger partial charge on any atom is 0.314 e. The van der Waals surface area contributed by atoms with E-state index in [0.717, 1.165) is 25.7 Å². The quantitative estimate of drug-likeness (QED) is 0.232. The summed E-state index contributed by atoms with van der Waals surface area (Å²) in [5, 5.41) is 4.09. The molecule has 3 N–H and O–H groups in total. The summed E-state index contributed by atoms with van der Waals surface area (Å²) in [5.74, 6) is -0.557. The fourth-order valence-electron chi connectivity index (χ4n) is 1.56. The Hall–Kier alpha value is -1.17. The van der Waals surface area contributed by atoms with Crippen molar-refractivity contribution in [1.82, 2.24) is 5.43 Å². The van der Waals surface area contributed by atoms with Crippen LogP contribution in [0.4, 0.5) is 0 Å². The van der Waals surface area contributed by atoms with Gasteiger partial charge in [0.05, 0.1) is 12.5 Å². The third-order valence-corrected chi connectivity index (χ3v) is 2.61. The van der Waals surface area contributed by atoms with Gasteiger partial charge in [-0.05, 0) is 32.5 Å². The van der Waals surface area contributed by atoms with Crippen LogP contribution in [-0.2, 0) is 9.53 Å². The number of hydrogen-bond acceptors (Lipinski definition) is 4. The van der Waals surface area contributed by atoms with Gasteiger partial charge in [0.15, 0.2) is 5.11 Å². The van der Waals surface area contributed by atoms with Crippen LogP contribution >= 0.6 is 12.2 Å². The van der Waals surface area contributed by atoms with Crippen LogP contribution in [0.5, 0.6) is 0 Å². The Kier molecular flexibility index (Phi) is 9.18. The van der Waals surface area contributed by atoms with Gasteiger partial charge in [-0.25, -0.2) is 0 Å². The Bertz CT molecular complexity index is 306. The molecule has 0 saturated heterocycles. The van der Waals surface area contributed by atoms with Gasteiger partial charge in [-0.2, -0.15) is 5.10 Å². The summed E-state index contributed by atoms with van der Waals surface area (Å²) < 4.78 is 5.05.